The predicted molar refractivity (Wildman–Crippen MR) is 91.0 cm³/mol. The molecular formula is C16H16BrClN2O. The van der Waals surface area contributed by atoms with Gasteiger partial charge in [-0.2, -0.15) is 0 Å². The minimum Gasteiger partial charge on any atom is -0.381 e. The third-order valence-electron chi connectivity index (χ3n) is 3.19. The van der Waals surface area contributed by atoms with Crippen molar-refractivity contribution in [1.82, 2.24) is 5.32 Å². The maximum absolute atomic E-state index is 11.7. The predicted octanol–water partition coefficient (Wildman–Crippen LogP) is 4.38. The molecule has 2 aromatic carbocycles. The van der Waals surface area contributed by atoms with Crippen LogP contribution in [0.4, 0.5) is 5.69 Å². The number of rotatable bonds is 4. The Morgan fingerprint density at radius 1 is 1.24 bits per heavy atom. The first-order chi connectivity index (χ1) is 10.0. The highest BCUT2D eigenvalue weighted by Crippen LogP contribution is 2.24. The standard InChI is InChI=1S/C16H16BrClN2O/c1-10-3-5-12(16(21)19-2)8-15(10)20-9-11-4-6-14(18)13(17)7-11/h3-8,20H,9H2,1-2H3,(H,19,21). The minimum absolute atomic E-state index is 0.0905. The van der Waals surface area contributed by atoms with Gasteiger partial charge >= 0.3 is 0 Å². The van der Waals surface area contributed by atoms with E-state index in [1.54, 1.807) is 7.05 Å². The number of hydrogen-bond acceptors (Lipinski definition) is 2. The number of aryl methyl sites for hydroxylation is 1. The molecule has 0 unspecified atom stereocenters. The summed E-state index contributed by atoms with van der Waals surface area (Å²) in [7, 11) is 1.63. The lowest BCUT2D eigenvalue weighted by Crippen LogP contribution is -2.18. The first kappa shape index (κ1) is 15.9. The maximum Gasteiger partial charge on any atom is 0.251 e. The number of amides is 1. The van der Waals surface area contributed by atoms with Crippen molar-refractivity contribution in [3.8, 4) is 0 Å². The zero-order valence-electron chi connectivity index (χ0n) is 11.8. The topological polar surface area (TPSA) is 41.1 Å². The summed E-state index contributed by atoms with van der Waals surface area (Å²) in [5.41, 5.74) is 3.79. The zero-order chi connectivity index (χ0) is 15.4. The molecule has 0 bridgehead atoms. The van der Waals surface area contributed by atoms with Crippen LogP contribution in [-0.2, 0) is 6.54 Å². The first-order valence-corrected chi connectivity index (χ1v) is 7.69. The molecule has 5 heteroatoms. The molecule has 110 valence electrons. The average Bonchev–Trinajstić information content (AvgIpc) is 2.49. The van der Waals surface area contributed by atoms with Gasteiger partial charge in [-0.15, -0.1) is 0 Å². The Kier molecular flexibility index (Phi) is 5.26. The van der Waals surface area contributed by atoms with Crippen LogP contribution >= 0.6 is 27.5 Å². The molecule has 0 aliphatic rings. The molecular weight excluding hydrogens is 352 g/mol. The van der Waals surface area contributed by atoms with E-state index in [1.165, 1.54) is 0 Å². The van der Waals surface area contributed by atoms with E-state index in [4.69, 9.17) is 11.6 Å². The lowest BCUT2D eigenvalue weighted by molar-refractivity contribution is 0.0963. The Bertz CT molecular complexity index is 673. The van der Waals surface area contributed by atoms with Crippen molar-refractivity contribution >= 4 is 39.1 Å². The van der Waals surface area contributed by atoms with Gasteiger partial charge in [0.05, 0.1) is 5.02 Å². The van der Waals surface area contributed by atoms with Crippen LogP contribution in [0.25, 0.3) is 0 Å². The van der Waals surface area contributed by atoms with E-state index >= 15 is 0 Å². The highest BCUT2D eigenvalue weighted by Gasteiger charge is 2.06. The van der Waals surface area contributed by atoms with Crippen molar-refractivity contribution < 1.29 is 4.79 Å². The molecule has 0 heterocycles. The minimum atomic E-state index is -0.0905. The molecule has 0 saturated heterocycles. The van der Waals surface area contributed by atoms with Crippen molar-refractivity contribution in [3.63, 3.8) is 0 Å². The molecule has 0 saturated carbocycles. The fourth-order valence-corrected chi connectivity index (χ4v) is 2.49. The van der Waals surface area contributed by atoms with Gasteiger partial charge in [-0.1, -0.05) is 23.7 Å². The molecule has 0 spiro atoms. The summed E-state index contributed by atoms with van der Waals surface area (Å²) in [4.78, 5) is 11.7. The molecule has 21 heavy (non-hydrogen) atoms. The lowest BCUT2D eigenvalue weighted by atomic mass is 10.1. The Hall–Kier alpha value is -1.52. The Morgan fingerprint density at radius 2 is 2.00 bits per heavy atom. The lowest BCUT2D eigenvalue weighted by Gasteiger charge is -2.12. The largest absolute Gasteiger partial charge is 0.381 e. The SMILES string of the molecule is CNC(=O)c1ccc(C)c(NCc2ccc(Cl)c(Br)c2)c1. The summed E-state index contributed by atoms with van der Waals surface area (Å²) in [5.74, 6) is -0.0905. The number of hydrogen-bond donors (Lipinski definition) is 2. The molecule has 3 nitrogen and oxygen atoms in total. The molecule has 2 N–H and O–H groups in total. The number of halogens is 2. The van der Waals surface area contributed by atoms with E-state index in [2.05, 4.69) is 26.6 Å². The van der Waals surface area contributed by atoms with Crippen LogP contribution in [0.5, 0.6) is 0 Å². The molecule has 2 aromatic rings. The fraction of sp³-hybridized carbons (Fsp3) is 0.188. The van der Waals surface area contributed by atoms with Crippen molar-refractivity contribution in [3.05, 3.63) is 62.6 Å². The number of nitrogens with one attached hydrogen (secondary N) is 2. The van der Waals surface area contributed by atoms with Gasteiger partial charge in [0.25, 0.3) is 5.91 Å². The van der Waals surface area contributed by atoms with Crippen LogP contribution in [0.3, 0.4) is 0 Å². The van der Waals surface area contributed by atoms with E-state index < -0.39 is 0 Å². The van der Waals surface area contributed by atoms with Gasteiger partial charge in [-0.05, 0) is 58.2 Å². The van der Waals surface area contributed by atoms with Crippen molar-refractivity contribution in [2.24, 2.45) is 0 Å². The molecule has 0 fully saturated rings. The van der Waals surface area contributed by atoms with Crippen molar-refractivity contribution in [1.29, 1.82) is 0 Å². The highest BCUT2D eigenvalue weighted by molar-refractivity contribution is 9.10. The van der Waals surface area contributed by atoms with Gasteiger partial charge in [0.15, 0.2) is 0 Å². The number of anilines is 1. The molecule has 0 aliphatic heterocycles. The third-order valence-corrected chi connectivity index (χ3v) is 4.41. The normalized spacial score (nSPS) is 10.3. The first-order valence-electron chi connectivity index (χ1n) is 6.52. The summed E-state index contributed by atoms with van der Waals surface area (Å²) in [6.45, 7) is 2.67. The van der Waals surface area contributed by atoms with Crippen LogP contribution in [0.2, 0.25) is 5.02 Å². The van der Waals surface area contributed by atoms with Gasteiger partial charge in [0.1, 0.15) is 0 Å². The molecule has 0 aromatic heterocycles. The summed E-state index contributed by atoms with van der Waals surface area (Å²) in [5, 5.41) is 6.67. The zero-order valence-corrected chi connectivity index (χ0v) is 14.2. The second kappa shape index (κ2) is 6.96. The summed E-state index contributed by atoms with van der Waals surface area (Å²) in [6, 6.07) is 11.4. The second-order valence-corrected chi connectivity index (χ2v) is 5.97. The Morgan fingerprint density at radius 3 is 2.67 bits per heavy atom. The maximum atomic E-state index is 11.7. The fourth-order valence-electron chi connectivity index (χ4n) is 1.94. The number of benzene rings is 2. The van der Waals surface area contributed by atoms with Crippen LogP contribution in [-0.4, -0.2) is 13.0 Å². The number of carbonyl (C=O) groups excluding carboxylic acids is 1. The van der Waals surface area contributed by atoms with Gasteiger partial charge < -0.3 is 10.6 Å². The van der Waals surface area contributed by atoms with E-state index in [0.29, 0.717) is 17.1 Å². The third kappa shape index (κ3) is 3.99. The van der Waals surface area contributed by atoms with E-state index in [9.17, 15) is 4.79 Å². The van der Waals surface area contributed by atoms with Crippen LogP contribution in [0, 0.1) is 6.92 Å². The van der Waals surface area contributed by atoms with Gasteiger partial charge in [-0.25, -0.2) is 0 Å². The molecule has 0 aliphatic carbocycles. The highest BCUT2D eigenvalue weighted by atomic mass is 79.9. The monoisotopic (exact) mass is 366 g/mol. The van der Waals surface area contributed by atoms with Crippen molar-refractivity contribution in [2.45, 2.75) is 13.5 Å². The van der Waals surface area contributed by atoms with E-state index in [0.717, 1.165) is 21.3 Å². The van der Waals surface area contributed by atoms with E-state index in [1.807, 2.05) is 43.3 Å². The van der Waals surface area contributed by atoms with Crippen LogP contribution in [0.1, 0.15) is 21.5 Å². The van der Waals surface area contributed by atoms with E-state index in [-0.39, 0.29) is 5.91 Å². The van der Waals surface area contributed by atoms with Crippen LogP contribution < -0.4 is 10.6 Å². The van der Waals surface area contributed by atoms with Gasteiger partial charge in [-0.3, -0.25) is 4.79 Å². The molecule has 1 amide bonds. The smallest absolute Gasteiger partial charge is 0.251 e. The average molecular weight is 368 g/mol. The Balaban J connectivity index is 2.15. The Labute approximate surface area is 137 Å². The molecule has 0 atom stereocenters. The van der Waals surface area contributed by atoms with Crippen LogP contribution in [0.15, 0.2) is 40.9 Å². The number of carbonyl (C=O) groups is 1. The summed E-state index contributed by atoms with van der Waals surface area (Å²) >= 11 is 9.40. The quantitative estimate of drug-likeness (QED) is 0.842. The molecule has 0 radical (unpaired) electrons. The van der Waals surface area contributed by atoms with Gasteiger partial charge in [0.2, 0.25) is 0 Å². The summed E-state index contributed by atoms with van der Waals surface area (Å²) < 4.78 is 0.874. The summed E-state index contributed by atoms with van der Waals surface area (Å²) in [6.07, 6.45) is 0. The molecule has 2 rings (SSSR count). The van der Waals surface area contributed by atoms with Gasteiger partial charge in [0, 0.05) is 29.3 Å². The second-order valence-electron chi connectivity index (χ2n) is 4.71. The van der Waals surface area contributed by atoms with Crippen molar-refractivity contribution in [2.75, 3.05) is 12.4 Å².